The molecule has 0 aromatic heterocycles. The van der Waals surface area contributed by atoms with Crippen LogP contribution in [0.4, 0.5) is 22.7 Å². The summed E-state index contributed by atoms with van der Waals surface area (Å²) < 4.78 is 0. The maximum atomic E-state index is 12.5. The fourth-order valence-corrected chi connectivity index (χ4v) is 2.64. The van der Waals surface area contributed by atoms with E-state index >= 15 is 0 Å². The van der Waals surface area contributed by atoms with Gasteiger partial charge in [-0.3, -0.25) is 9.59 Å². The number of anilines is 4. The Bertz CT molecular complexity index is 979. The van der Waals surface area contributed by atoms with Gasteiger partial charge >= 0.3 is 0 Å². The van der Waals surface area contributed by atoms with Crippen molar-refractivity contribution in [1.82, 2.24) is 0 Å². The molecule has 6 N–H and O–H groups in total. The van der Waals surface area contributed by atoms with Crippen LogP contribution in [0.3, 0.4) is 0 Å². The molecule has 0 aliphatic carbocycles. The summed E-state index contributed by atoms with van der Waals surface area (Å²) in [6.45, 7) is 3.79. The third-order valence-electron chi connectivity index (χ3n) is 4.46. The molecule has 0 bridgehead atoms. The lowest BCUT2D eigenvalue weighted by Gasteiger charge is -2.10. The van der Waals surface area contributed by atoms with Crippen LogP contribution in [0.25, 0.3) is 0 Å². The van der Waals surface area contributed by atoms with E-state index in [0.717, 1.165) is 11.1 Å². The first kappa shape index (κ1) is 19.0. The van der Waals surface area contributed by atoms with Crippen molar-refractivity contribution in [2.75, 3.05) is 22.1 Å². The number of aryl methyl sites for hydroxylation is 2. The Kier molecular flexibility index (Phi) is 5.31. The molecule has 0 fully saturated rings. The molecule has 28 heavy (non-hydrogen) atoms. The van der Waals surface area contributed by atoms with Gasteiger partial charge in [0.1, 0.15) is 0 Å². The third-order valence-corrected chi connectivity index (χ3v) is 4.46. The van der Waals surface area contributed by atoms with E-state index in [1.54, 1.807) is 48.5 Å². The lowest BCUT2D eigenvalue weighted by molar-refractivity contribution is 0.102. The summed E-state index contributed by atoms with van der Waals surface area (Å²) in [7, 11) is 0. The number of nitrogens with two attached hydrogens (primary N) is 2. The monoisotopic (exact) mass is 374 g/mol. The Labute approximate surface area is 163 Å². The van der Waals surface area contributed by atoms with E-state index in [1.807, 2.05) is 26.0 Å². The van der Waals surface area contributed by atoms with E-state index in [2.05, 4.69) is 10.6 Å². The Hall–Kier alpha value is -3.80. The molecule has 0 heterocycles. The zero-order valence-electron chi connectivity index (χ0n) is 15.7. The fourth-order valence-electron chi connectivity index (χ4n) is 2.64. The van der Waals surface area contributed by atoms with E-state index in [1.165, 1.54) is 0 Å². The van der Waals surface area contributed by atoms with Crippen LogP contribution in [0.15, 0.2) is 60.7 Å². The Morgan fingerprint density at radius 1 is 0.679 bits per heavy atom. The van der Waals surface area contributed by atoms with Crippen LogP contribution in [0.1, 0.15) is 31.8 Å². The minimum Gasteiger partial charge on any atom is -0.398 e. The summed E-state index contributed by atoms with van der Waals surface area (Å²) >= 11 is 0. The number of rotatable bonds is 4. The van der Waals surface area contributed by atoms with Crippen LogP contribution in [-0.4, -0.2) is 11.8 Å². The summed E-state index contributed by atoms with van der Waals surface area (Å²) in [4.78, 5) is 25.1. The molecule has 3 aromatic rings. The molecule has 6 heteroatoms. The average Bonchev–Trinajstić information content (AvgIpc) is 2.67. The van der Waals surface area contributed by atoms with Crippen molar-refractivity contribution in [1.29, 1.82) is 0 Å². The summed E-state index contributed by atoms with van der Waals surface area (Å²) in [6, 6.07) is 17.1. The highest BCUT2D eigenvalue weighted by atomic mass is 16.2. The maximum Gasteiger partial charge on any atom is 0.255 e. The first-order chi connectivity index (χ1) is 13.3. The van der Waals surface area contributed by atoms with Gasteiger partial charge in [-0.2, -0.15) is 0 Å². The van der Waals surface area contributed by atoms with Crippen molar-refractivity contribution in [2.45, 2.75) is 13.8 Å². The summed E-state index contributed by atoms with van der Waals surface area (Å²) in [6.07, 6.45) is 0. The molecule has 0 radical (unpaired) electrons. The van der Waals surface area contributed by atoms with Gasteiger partial charge < -0.3 is 22.1 Å². The lowest BCUT2D eigenvalue weighted by atomic mass is 10.1. The lowest BCUT2D eigenvalue weighted by Crippen LogP contribution is -2.15. The van der Waals surface area contributed by atoms with Gasteiger partial charge in [0, 0.05) is 33.9 Å². The second-order valence-electron chi connectivity index (χ2n) is 6.63. The largest absolute Gasteiger partial charge is 0.398 e. The third kappa shape index (κ3) is 4.29. The topological polar surface area (TPSA) is 110 Å². The van der Waals surface area contributed by atoms with Crippen molar-refractivity contribution < 1.29 is 9.59 Å². The Morgan fingerprint density at radius 2 is 1.11 bits per heavy atom. The zero-order chi connectivity index (χ0) is 20.3. The molecule has 0 saturated heterocycles. The molecule has 3 rings (SSSR count). The SMILES string of the molecule is Cc1ccc(NC(=O)c2cccc(C(=O)Nc3ccc(C)c(N)c3)c2)cc1N. The first-order valence-electron chi connectivity index (χ1n) is 8.78. The predicted molar refractivity (Wildman–Crippen MR) is 114 cm³/mol. The van der Waals surface area contributed by atoms with Crippen molar-refractivity contribution >= 4 is 34.6 Å². The van der Waals surface area contributed by atoms with Crippen LogP contribution >= 0.6 is 0 Å². The molecule has 0 aliphatic rings. The normalized spacial score (nSPS) is 10.4. The quantitative estimate of drug-likeness (QED) is 0.518. The number of benzene rings is 3. The standard InChI is InChI=1S/C22H22N4O2/c1-13-6-8-17(11-19(13)23)25-21(27)15-4-3-5-16(10-15)22(28)26-18-9-7-14(2)20(24)12-18/h3-12H,23-24H2,1-2H3,(H,25,27)(H,26,28). The van der Waals surface area contributed by atoms with Crippen molar-refractivity contribution in [2.24, 2.45) is 0 Å². The van der Waals surface area contributed by atoms with E-state index in [9.17, 15) is 9.59 Å². The average molecular weight is 374 g/mol. The van der Waals surface area contributed by atoms with Crippen LogP contribution in [0, 0.1) is 13.8 Å². The van der Waals surface area contributed by atoms with Gasteiger partial charge in [0.2, 0.25) is 0 Å². The number of hydrogen-bond donors (Lipinski definition) is 4. The second-order valence-corrected chi connectivity index (χ2v) is 6.63. The smallest absolute Gasteiger partial charge is 0.255 e. The number of hydrogen-bond acceptors (Lipinski definition) is 4. The van der Waals surface area contributed by atoms with Crippen LogP contribution in [-0.2, 0) is 0 Å². The maximum absolute atomic E-state index is 12.5. The minimum absolute atomic E-state index is 0.322. The molecule has 3 aromatic carbocycles. The summed E-state index contributed by atoms with van der Waals surface area (Å²) in [5, 5.41) is 5.58. The molecule has 6 nitrogen and oxygen atoms in total. The van der Waals surface area contributed by atoms with Gasteiger partial charge in [-0.1, -0.05) is 18.2 Å². The Morgan fingerprint density at radius 3 is 1.50 bits per heavy atom. The Balaban J connectivity index is 1.75. The van der Waals surface area contributed by atoms with Crippen molar-refractivity contribution in [3.05, 3.63) is 82.9 Å². The van der Waals surface area contributed by atoms with E-state index in [4.69, 9.17) is 11.5 Å². The van der Waals surface area contributed by atoms with Gasteiger partial charge in [-0.15, -0.1) is 0 Å². The highest BCUT2D eigenvalue weighted by Crippen LogP contribution is 2.19. The van der Waals surface area contributed by atoms with Crippen molar-refractivity contribution in [3.63, 3.8) is 0 Å². The summed E-state index contributed by atoms with van der Waals surface area (Å²) in [5.41, 5.74) is 16.8. The molecule has 2 amide bonds. The first-order valence-corrected chi connectivity index (χ1v) is 8.78. The number of nitrogen functional groups attached to an aromatic ring is 2. The van der Waals surface area contributed by atoms with E-state index in [-0.39, 0.29) is 11.8 Å². The molecule has 0 unspecified atom stereocenters. The zero-order valence-corrected chi connectivity index (χ0v) is 15.7. The molecular formula is C22H22N4O2. The molecule has 0 atom stereocenters. The number of amides is 2. The second kappa shape index (κ2) is 7.84. The van der Waals surface area contributed by atoms with Gasteiger partial charge in [0.25, 0.3) is 11.8 Å². The van der Waals surface area contributed by atoms with Gasteiger partial charge in [0.05, 0.1) is 0 Å². The van der Waals surface area contributed by atoms with E-state index < -0.39 is 0 Å². The van der Waals surface area contributed by atoms with Gasteiger partial charge in [0.15, 0.2) is 0 Å². The highest BCUT2D eigenvalue weighted by molar-refractivity contribution is 6.09. The summed E-state index contributed by atoms with van der Waals surface area (Å²) in [5.74, 6) is -0.644. The van der Waals surface area contributed by atoms with E-state index in [0.29, 0.717) is 33.9 Å². The molecule has 0 aliphatic heterocycles. The minimum atomic E-state index is -0.322. The van der Waals surface area contributed by atoms with Crippen molar-refractivity contribution in [3.8, 4) is 0 Å². The van der Waals surface area contributed by atoms with Crippen LogP contribution in [0.2, 0.25) is 0 Å². The van der Waals surface area contributed by atoms with Crippen LogP contribution < -0.4 is 22.1 Å². The predicted octanol–water partition coefficient (Wildman–Crippen LogP) is 3.97. The highest BCUT2D eigenvalue weighted by Gasteiger charge is 2.12. The molecular weight excluding hydrogens is 352 g/mol. The molecule has 0 spiro atoms. The fraction of sp³-hybridized carbons (Fsp3) is 0.0909. The number of carbonyl (C=O) groups is 2. The van der Waals surface area contributed by atoms with Gasteiger partial charge in [-0.25, -0.2) is 0 Å². The number of carbonyl (C=O) groups excluding carboxylic acids is 2. The van der Waals surface area contributed by atoms with Gasteiger partial charge in [-0.05, 0) is 67.4 Å². The molecule has 0 saturated carbocycles. The molecule has 142 valence electrons. The van der Waals surface area contributed by atoms with Crippen LogP contribution in [0.5, 0.6) is 0 Å². The number of nitrogens with one attached hydrogen (secondary N) is 2.